The standard InChI is InChI=1S/C16H22N4O2S/c1-10-15(16(22-4)19(3)18-10)13-6-5-7-20(13)14(21)8-12-9-23-11(2)17-12/h9,13H,5-8H2,1-4H3/t13-/m1/s1. The van der Waals surface area contributed by atoms with Crippen molar-refractivity contribution in [3.63, 3.8) is 0 Å². The highest BCUT2D eigenvalue weighted by Gasteiger charge is 2.35. The zero-order chi connectivity index (χ0) is 16.6. The summed E-state index contributed by atoms with van der Waals surface area (Å²) in [7, 11) is 3.52. The van der Waals surface area contributed by atoms with E-state index in [0.717, 1.165) is 47.2 Å². The third-order valence-electron chi connectivity index (χ3n) is 4.31. The second kappa shape index (κ2) is 6.31. The molecule has 1 aliphatic heterocycles. The van der Waals surface area contributed by atoms with Crippen LogP contribution in [0.15, 0.2) is 5.38 Å². The molecule has 0 radical (unpaired) electrons. The van der Waals surface area contributed by atoms with Gasteiger partial charge in [0.05, 0.1) is 41.5 Å². The molecular weight excluding hydrogens is 312 g/mol. The van der Waals surface area contributed by atoms with Gasteiger partial charge in [0, 0.05) is 19.0 Å². The summed E-state index contributed by atoms with van der Waals surface area (Å²) in [5.41, 5.74) is 2.83. The van der Waals surface area contributed by atoms with E-state index in [1.54, 1.807) is 23.1 Å². The number of aryl methyl sites for hydroxylation is 3. The lowest BCUT2D eigenvalue weighted by Gasteiger charge is -2.25. The van der Waals surface area contributed by atoms with Crippen molar-refractivity contribution in [1.82, 2.24) is 19.7 Å². The van der Waals surface area contributed by atoms with Crippen LogP contribution in [0.4, 0.5) is 0 Å². The van der Waals surface area contributed by atoms with E-state index in [1.807, 2.05) is 31.2 Å². The van der Waals surface area contributed by atoms with Crippen LogP contribution in [0.1, 0.15) is 40.8 Å². The fourth-order valence-corrected chi connectivity index (χ4v) is 4.00. The second-order valence-electron chi connectivity index (χ2n) is 5.91. The first kappa shape index (κ1) is 16.0. The Bertz CT molecular complexity index is 722. The average molecular weight is 334 g/mol. The first-order chi connectivity index (χ1) is 11.0. The van der Waals surface area contributed by atoms with Crippen molar-refractivity contribution in [2.24, 2.45) is 7.05 Å². The van der Waals surface area contributed by atoms with Crippen LogP contribution < -0.4 is 4.74 Å². The zero-order valence-corrected chi connectivity index (χ0v) is 14.8. The minimum absolute atomic E-state index is 0.0471. The summed E-state index contributed by atoms with van der Waals surface area (Å²) < 4.78 is 7.26. The number of methoxy groups -OCH3 is 1. The van der Waals surface area contributed by atoms with Gasteiger partial charge < -0.3 is 9.64 Å². The van der Waals surface area contributed by atoms with Gasteiger partial charge in [-0.1, -0.05) is 0 Å². The molecule has 3 heterocycles. The lowest BCUT2D eigenvalue weighted by Crippen LogP contribution is -2.32. The van der Waals surface area contributed by atoms with E-state index in [0.29, 0.717) is 6.42 Å². The number of hydrogen-bond acceptors (Lipinski definition) is 5. The quantitative estimate of drug-likeness (QED) is 0.861. The molecule has 0 bridgehead atoms. The van der Waals surface area contributed by atoms with E-state index >= 15 is 0 Å². The van der Waals surface area contributed by atoms with Gasteiger partial charge in [0.15, 0.2) is 0 Å². The van der Waals surface area contributed by atoms with E-state index in [2.05, 4.69) is 10.1 Å². The number of likely N-dealkylation sites (tertiary alicyclic amines) is 1. The molecule has 1 saturated heterocycles. The number of rotatable bonds is 4. The van der Waals surface area contributed by atoms with Gasteiger partial charge in [0.25, 0.3) is 0 Å². The number of thiazole rings is 1. The van der Waals surface area contributed by atoms with Gasteiger partial charge in [-0.2, -0.15) is 5.10 Å². The molecule has 1 fully saturated rings. The first-order valence-electron chi connectivity index (χ1n) is 7.79. The van der Waals surface area contributed by atoms with Crippen molar-refractivity contribution in [3.8, 4) is 5.88 Å². The van der Waals surface area contributed by atoms with E-state index in [4.69, 9.17) is 4.74 Å². The summed E-state index contributed by atoms with van der Waals surface area (Å²) >= 11 is 1.58. The number of ether oxygens (including phenoxy) is 1. The van der Waals surface area contributed by atoms with Crippen LogP contribution in [0.5, 0.6) is 5.88 Å². The molecule has 23 heavy (non-hydrogen) atoms. The van der Waals surface area contributed by atoms with Crippen LogP contribution in [-0.2, 0) is 18.3 Å². The summed E-state index contributed by atoms with van der Waals surface area (Å²) in [6.07, 6.45) is 2.32. The van der Waals surface area contributed by atoms with Crippen LogP contribution in [-0.4, -0.2) is 39.2 Å². The summed E-state index contributed by atoms with van der Waals surface area (Å²) in [6, 6.07) is 0.0471. The summed E-state index contributed by atoms with van der Waals surface area (Å²) in [4.78, 5) is 19.1. The van der Waals surface area contributed by atoms with Crippen molar-refractivity contribution in [2.75, 3.05) is 13.7 Å². The molecule has 1 amide bonds. The highest BCUT2D eigenvalue weighted by atomic mass is 32.1. The molecule has 0 aliphatic carbocycles. The van der Waals surface area contributed by atoms with Gasteiger partial charge in [-0.05, 0) is 26.7 Å². The SMILES string of the molecule is COc1c([C@H]2CCCN2C(=O)Cc2csc(C)n2)c(C)nn1C. The smallest absolute Gasteiger partial charge is 0.229 e. The molecule has 7 heteroatoms. The predicted octanol–water partition coefficient (Wildman–Crippen LogP) is 2.41. The topological polar surface area (TPSA) is 60.2 Å². The van der Waals surface area contributed by atoms with Crippen molar-refractivity contribution >= 4 is 17.2 Å². The van der Waals surface area contributed by atoms with E-state index in [1.165, 1.54) is 0 Å². The van der Waals surface area contributed by atoms with Crippen molar-refractivity contribution < 1.29 is 9.53 Å². The number of aromatic nitrogens is 3. The third-order valence-corrected chi connectivity index (χ3v) is 5.14. The highest BCUT2D eigenvalue weighted by Crippen LogP contribution is 2.39. The van der Waals surface area contributed by atoms with Crippen LogP contribution >= 0.6 is 11.3 Å². The Morgan fingerprint density at radius 2 is 2.26 bits per heavy atom. The second-order valence-corrected chi connectivity index (χ2v) is 6.97. The van der Waals surface area contributed by atoms with E-state index in [-0.39, 0.29) is 11.9 Å². The molecule has 2 aromatic rings. The average Bonchev–Trinajstić information content (AvgIpc) is 3.18. The Morgan fingerprint density at radius 1 is 1.48 bits per heavy atom. The molecule has 0 aromatic carbocycles. The Balaban J connectivity index is 1.84. The molecule has 1 aliphatic rings. The maximum Gasteiger partial charge on any atom is 0.229 e. The van der Waals surface area contributed by atoms with Crippen molar-refractivity contribution in [2.45, 2.75) is 39.2 Å². The van der Waals surface area contributed by atoms with Gasteiger partial charge >= 0.3 is 0 Å². The molecule has 0 N–H and O–H groups in total. The minimum Gasteiger partial charge on any atom is -0.481 e. The molecular formula is C16H22N4O2S. The lowest BCUT2D eigenvalue weighted by atomic mass is 10.0. The van der Waals surface area contributed by atoms with Crippen LogP contribution in [0.25, 0.3) is 0 Å². The Kier molecular flexibility index (Phi) is 4.39. The molecule has 3 rings (SSSR count). The van der Waals surface area contributed by atoms with Gasteiger partial charge in [-0.3, -0.25) is 4.79 Å². The Labute approximate surface area is 140 Å². The number of hydrogen-bond donors (Lipinski definition) is 0. The van der Waals surface area contributed by atoms with E-state index in [9.17, 15) is 4.79 Å². The molecule has 124 valence electrons. The van der Waals surface area contributed by atoms with Gasteiger partial charge in [0.1, 0.15) is 0 Å². The molecule has 6 nitrogen and oxygen atoms in total. The van der Waals surface area contributed by atoms with Gasteiger partial charge in [-0.25, -0.2) is 9.67 Å². The largest absolute Gasteiger partial charge is 0.481 e. The number of carbonyl (C=O) groups is 1. The van der Waals surface area contributed by atoms with Crippen molar-refractivity contribution in [3.05, 3.63) is 27.3 Å². The summed E-state index contributed by atoms with van der Waals surface area (Å²) in [5.74, 6) is 0.875. The minimum atomic E-state index is 0.0471. The highest BCUT2D eigenvalue weighted by molar-refractivity contribution is 7.09. The monoisotopic (exact) mass is 334 g/mol. The lowest BCUT2D eigenvalue weighted by molar-refractivity contribution is -0.131. The maximum atomic E-state index is 12.7. The van der Waals surface area contributed by atoms with Crippen molar-refractivity contribution in [1.29, 1.82) is 0 Å². The third kappa shape index (κ3) is 2.97. The van der Waals surface area contributed by atoms with Crippen LogP contribution in [0.2, 0.25) is 0 Å². The molecule has 0 spiro atoms. The van der Waals surface area contributed by atoms with Gasteiger partial charge in [-0.15, -0.1) is 11.3 Å². The summed E-state index contributed by atoms with van der Waals surface area (Å²) in [6.45, 7) is 4.72. The fourth-order valence-electron chi connectivity index (χ4n) is 3.39. The molecule has 2 aromatic heterocycles. The number of amides is 1. The number of nitrogens with zero attached hydrogens (tertiary/aromatic N) is 4. The van der Waals surface area contributed by atoms with Crippen LogP contribution in [0, 0.1) is 13.8 Å². The van der Waals surface area contributed by atoms with Gasteiger partial charge in [0.2, 0.25) is 11.8 Å². The summed E-state index contributed by atoms with van der Waals surface area (Å²) in [5, 5.41) is 7.41. The number of carbonyl (C=O) groups excluding carboxylic acids is 1. The predicted molar refractivity (Wildman–Crippen MR) is 88.7 cm³/mol. The molecule has 0 unspecified atom stereocenters. The Morgan fingerprint density at radius 3 is 2.91 bits per heavy atom. The molecule has 1 atom stereocenters. The Hall–Kier alpha value is -1.89. The normalized spacial score (nSPS) is 17.7. The first-order valence-corrected chi connectivity index (χ1v) is 8.67. The van der Waals surface area contributed by atoms with E-state index < -0.39 is 0 Å². The fraction of sp³-hybridized carbons (Fsp3) is 0.562. The zero-order valence-electron chi connectivity index (χ0n) is 14.0. The molecule has 0 saturated carbocycles. The maximum absolute atomic E-state index is 12.7. The van der Waals surface area contributed by atoms with Crippen LogP contribution in [0.3, 0.4) is 0 Å².